The standard InChI is InChI=1S/C23H33F4N3O2/c1-15(2)11-29-21(31)14-28-12-16-3-5-17(6-4-16)13-30-22(32)19-7-18(10-24)8-20(9-19)23(25,26)27/h7-9,15-17,28H,3-6,10-14H2,1-2H3,(H,29,31)(H,30,32). The Morgan fingerprint density at radius 1 is 1.00 bits per heavy atom. The zero-order chi connectivity index (χ0) is 23.7. The molecule has 0 spiro atoms. The second-order valence-electron chi connectivity index (χ2n) is 8.98. The van der Waals surface area contributed by atoms with Crippen LogP contribution in [0.3, 0.4) is 0 Å². The van der Waals surface area contributed by atoms with Gasteiger partial charge in [-0.2, -0.15) is 13.2 Å². The Hall–Kier alpha value is -2.16. The highest BCUT2D eigenvalue weighted by Crippen LogP contribution is 2.31. The second-order valence-corrected chi connectivity index (χ2v) is 8.98. The van der Waals surface area contributed by atoms with E-state index in [0.717, 1.165) is 50.4 Å². The van der Waals surface area contributed by atoms with Crippen LogP contribution in [0.15, 0.2) is 18.2 Å². The summed E-state index contributed by atoms with van der Waals surface area (Å²) in [5.74, 6) is 0.475. The van der Waals surface area contributed by atoms with E-state index in [2.05, 4.69) is 16.0 Å². The smallest absolute Gasteiger partial charge is 0.355 e. The van der Waals surface area contributed by atoms with E-state index >= 15 is 0 Å². The number of benzene rings is 1. The Labute approximate surface area is 186 Å². The van der Waals surface area contributed by atoms with Crippen molar-refractivity contribution in [2.75, 3.05) is 26.2 Å². The average molecular weight is 460 g/mol. The normalized spacial score (nSPS) is 19.1. The van der Waals surface area contributed by atoms with E-state index < -0.39 is 24.3 Å². The van der Waals surface area contributed by atoms with Crippen LogP contribution in [0.2, 0.25) is 0 Å². The number of rotatable bonds is 10. The summed E-state index contributed by atoms with van der Waals surface area (Å²) in [6.45, 7) is 5.09. The Bertz CT molecular complexity index is 760. The molecule has 0 bridgehead atoms. The molecule has 2 rings (SSSR count). The van der Waals surface area contributed by atoms with Crippen molar-refractivity contribution < 1.29 is 27.2 Å². The molecular formula is C23H33F4N3O2. The zero-order valence-corrected chi connectivity index (χ0v) is 18.7. The fourth-order valence-corrected chi connectivity index (χ4v) is 3.81. The second kappa shape index (κ2) is 12.2. The van der Waals surface area contributed by atoms with Gasteiger partial charge in [-0.25, -0.2) is 4.39 Å². The molecule has 1 saturated carbocycles. The minimum absolute atomic E-state index is 0.0133. The van der Waals surface area contributed by atoms with Crippen LogP contribution in [-0.4, -0.2) is 38.0 Å². The lowest BCUT2D eigenvalue weighted by Gasteiger charge is -2.28. The largest absolute Gasteiger partial charge is 0.416 e. The highest BCUT2D eigenvalue weighted by atomic mass is 19.4. The molecule has 0 radical (unpaired) electrons. The number of alkyl halides is 4. The Kier molecular flexibility index (Phi) is 9.93. The first-order chi connectivity index (χ1) is 15.1. The third kappa shape index (κ3) is 8.76. The maximum Gasteiger partial charge on any atom is 0.416 e. The number of amides is 2. The maximum absolute atomic E-state index is 13.0. The molecule has 2 amide bonds. The van der Waals surface area contributed by atoms with Crippen LogP contribution < -0.4 is 16.0 Å². The number of nitrogens with one attached hydrogen (secondary N) is 3. The molecule has 5 nitrogen and oxygen atoms in total. The van der Waals surface area contributed by atoms with Crippen molar-refractivity contribution in [3.8, 4) is 0 Å². The van der Waals surface area contributed by atoms with Crippen molar-refractivity contribution in [3.05, 3.63) is 34.9 Å². The summed E-state index contributed by atoms with van der Waals surface area (Å²) in [4.78, 5) is 24.1. The molecule has 0 unspecified atom stereocenters. The molecule has 0 atom stereocenters. The summed E-state index contributed by atoms with van der Waals surface area (Å²) in [6, 6.07) is 2.64. The van der Waals surface area contributed by atoms with Gasteiger partial charge in [-0.1, -0.05) is 13.8 Å². The van der Waals surface area contributed by atoms with E-state index in [0.29, 0.717) is 31.5 Å². The summed E-state index contributed by atoms with van der Waals surface area (Å²) >= 11 is 0. The van der Waals surface area contributed by atoms with Crippen LogP contribution in [-0.2, 0) is 17.6 Å². The quantitative estimate of drug-likeness (QED) is 0.462. The Morgan fingerprint density at radius 3 is 2.19 bits per heavy atom. The molecule has 1 aromatic rings. The monoisotopic (exact) mass is 459 g/mol. The highest BCUT2D eigenvalue weighted by molar-refractivity contribution is 5.94. The zero-order valence-electron chi connectivity index (χ0n) is 18.7. The van der Waals surface area contributed by atoms with Crippen LogP contribution in [0.4, 0.5) is 17.6 Å². The van der Waals surface area contributed by atoms with Crippen LogP contribution in [0.25, 0.3) is 0 Å². The molecule has 0 heterocycles. The van der Waals surface area contributed by atoms with E-state index in [1.54, 1.807) is 0 Å². The lowest BCUT2D eigenvalue weighted by molar-refractivity contribution is -0.137. The van der Waals surface area contributed by atoms with Gasteiger partial charge in [0.25, 0.3) is 5.91 Å². The summed E-state index contributed by atoms with van der Waals surface area (Å²) in [5, 5.41) is 8.75. The summed E-state index contributed by atoms with van der Waals surface area (Å²) in [6.07, 6.45) is -0.940. The van der Waals surface area contributed by atoms with Gasteiger partial charge in [0.05, 0.1) is 12.1 Å². The molecule has 0 aliphatic heterocycles. The van der Waals surface area contributed by atoms with E-state index in [4.69, 9.17) is 0 Å². The van der Waals surface area contributed by atoms with Crippen molar-refractivity contribution in [1.82, 2.24) is 16.0 Å². The molecule has 1 aliphatic carbocycles. The fraction of sp³-hybridized carbons (Fsp3) is 0.652. The van der Waals surface area contributed by atoms with Gasteiger partial charge in [0.15, 0.2) is 0 Å². The van der Waals surface area contributed by atoms with Crippen molar-refractivity contribution >= 4 is 11.8 Å². The molecule has 9 heteroatoms. The van der Waals surface area contributed by atoms with Crippen LogP contribution in [0, 0.1) is 17.8 Å². The van der Waals surface area contributed by atoms with Gasteiger partial charge in [0.2, 0.25) is 5.91 Å². The number of halogens is 4. The lowest BCUT2D eigenvalue weighted by Crippen LogP contribution is -2.38. The van der Waals surface area contributed by atoms with Crippen LogP contribution >= 0.6 is 0 Å². The first-order valence-electron chi connectivity index (χ1n) is 11.1. The van der Waals surface area contributed by atoms with Gasteiger partial charge >= 0.3 is 6.18 Å². The molecular weight excluding hydrogens is 426 g/mol. The minimum atomic E-state index is -4.64. The number of carbonyl (C=O) groups is 2. The van der Waals surface area contributed by atoms with E-state index in [-0.39, 0.29) is 23.0 Å². The van der Waals surface area contributed by atoms with Gasteiger partial charge < -0.3 is 16.0 Å². The summed E-state index contributed by atoms with van der Waals surface area (Å²) < 4.78 is 51.9. The van der Waals surface area contributed by atoms with Gasteiger partial charge in [-0.05, 0) is 73.7 Å². The topological polar surface area (TPSA) is 70.2 Å². The molecule has 180 valence electrons. The van der Waals surface area contributed by atoms with Gasteiger partial charge in [-0.15, -0.1) is 0 Å². The van der Waals surface area contributed by atoms with Crippen molar-refractivity contribution in [3.63, 3.8) is 0 Å². The minimum Gasteiger partial charge on any atom is -0.355 e. The molecule has 1 aromatic carbocycles. The van der Waals surface area contributed by atoms with E-state index in [1.807, 2.05) is 13.8 Å². The third-order valence-corrected chi connectivity index (χ3v) is 5.68. The highest BCUT2D eigenvalue weighted by Gasteiger charge is 2.32. The maximum atomic E-state index is 13.0. The van der Waals surface area contributed by atoms with Crippen molar-refractivity contribution in [2.24, 2.45) is 17.8 Å². The van der Waals surface area contributed by atoms with Gasteiger partial charge in [0.1, 0.15) is 6.67 Å². The Balaban J connectivity index is 1.73. The van der Waals surface area contributed by atoms with Crippen LogP contribution in [0.1, 0.15) is 61.0 Å². The molecule has 1 fully saturated rings. The number of carbonyl (C=O) groups excluding carboxylic acids is 2. The predicted molar refractivity (Wildman–Crippen MR) is 115 cm³/mol. The molecule has 1 aliphatic rings. The average Bonchev–Trinajstić information content (AvgIpc) is 2.76. The molecule has 0 saturated heterocycles. The number of hydrogen-bond acceptors (Lipinski definition) is 3. The molecule has 32 heavy (non-hydrogen) atoms. The van der Waals surface area contributed by atoms with Gasteiger partial charge in [-0.3, -0.25) is 9.59 Å². The first-order valence-corrected chi connectivity index (χ1v) is 11.1. The van der Waals surface area contributed by atoms with Crippen molar-refractivity contribution in [1.29, 1.82) is 0 Å². The third-order valence-electron chi connectivity index (χ3n) is 5.68. The summed E-state index contributed by atoms with van der Waals surface area (Å²) in [5.41, 5.74) is -1.37. The Morgan fingerprint density at radius 2 is 1.62 bits per heavy atom. The lowest BCUT2D eigenvalue weighted by atomic mass is 9.82. The fourth-order valence-electron chi connectivity index (χ4n) is 3.81. The number of hydrogen-bond donors (Lipinski definition) is 3. The van der Waals surface area contributed by atoms with Crippen molar-refractivity contribution in [2.45, 2.75) is 52.4 Å². The molecule has 0 aromatic heterocycles. The predicted octanol–water partition coefficient (Wildman–Crippen LogP) is 4.07. The summed E-state index contributed by atoms with van der Waals surface area (Å²) in [7, 11) is 0. The van der Waals surface area contributed by atoms with E-state index in [9.17, 15) is 27.2 Å². The van der Waals surface area contributed by atoms with Gasteiger partial charge in [0, 0.05) is 18.7 Å². The van der Waals surface area contributed by atoms with E-state index in [1.165, 1.54) is 0 Å². The molecule has 3 N–H and O–H groups in total. The SMILES string of the molecule is CC(C)CNC(=O)CNCC1CCC(CNC(=O)c2cc(CF)cc(C(F)(F)F)c2)CC1. The van der Waals surface area contributed by atoms with Crippen LogP contribution in [0.5, 0.6) is 0 Å². The first kappa shape index (κ1) is 26.1.